The van der Waals surface area contributed by atoms with Gasteiger partial charge in [0.15, 0.2) is 6.23 Å². The first kappa shape index (κ1) is 30.0. The molecule has 0 bridgehead atoms. The first-order chi connectivity index (χ1) is 18.9. The molecule has 0 aliphatic carbocycles. The predicted molar refractivity (Wildman–Crippen MR) is 146 cm³/mol. The standard InChI is InChI=1S/C26H36N5O8P/c1-5-16(3)40(36,37)39-26(4,6-2)12-20-21(32)22(33)24(38-20)31-14-18(23(34)27-25(31)35)19-15-30(29-28-19)13-17-10-8-7-9-11-17/h7-11,14-16,20-22,24,32-33H,5-6,12-13H2,1-4H3,(H,36,37)(H,27,34,35)/t16?,20-,21?,22+,24-,26?/m1/s1. The Bertz CT molecular complexity index is 1470. The molecule has 14 heteroatoms. The highest BCUT2D eigenvalue weighted by Gasteiger charge is 2.48. The monoisotopic (exact) mass is 577 g/mol. The van der Waals surface area contributed by atoms with Crippen molar-refractivity contribution >= 4 is 7.60 Å². The van der Waals surface area contributed by atoms with Gasteiger partial charge in [-0.15, -0.1) is 5.10 Å². The van der Waals surface area contributed by atoms with E-state index in [-0.39, 0.29) is 17.7 Å². The summed E-state index contributed by atoms with van der Waals surface area (Å²) in [5, 5.41) is 29.8. The largest absolute Gasteiger partial charge is 0.388 e. The van der Waals surface area contributed by atoms with Crippen molar-refractivity contribution in [3.8, 4) is 11.3 Å². The molecule has 13 nitrogen and oxygen atoms in total. The van der Waals surface area contributed by atoms with Gasteiger partial charge >= 0.3 is 13.3 Å². The number of rotatable bonds is 11. The van der Waals surface area contributed by atoms with E-state index in [1.807, 2.05) is 30.3 Å². The maximum atomic E-state index is 12.8. The molecule has 4 unspecified atom stereocenters. The molecule has 3 heterocycles. The molecule has 218 valence electrons. The molecule has 4 N–H and O–H groups in total. The lowest BCUT2D eigenvalue weighted by atomic mass is 9.93. The van der Waals surface area contributed by atoms with E-state index in [1.165, 1.54) is 6.20 Å². The van der Waals surface area contributed by atoms with Gasteiger partial charge < -0.3 is 24.4 Å². The van der Waals surface area contributed by atoms with Crippen molar-refractivity contribution in [1.29, 1.82) is 0 Å². The minimum absolute atomic E-state index is 0.0177. The molecule has 4 rings (SSSR count). The minimum atomic E-state index is -3.97. The smallest absolute Gasteiger partial charge is 0.331 e. The number of hydrogen-bond acceptors (Lipinski definition) is 9. The van der Waals surface area contributed by atoms with Crippen LogP contribution >= 0.6 is 7.60 Å². The SMILES string of the molecule is CCC(C)P(=O)(O)OC(C)(CC)C[C@H]1O[C@@H](n2cc(-c3cn(Cc4ccccc4)nn3)c(=O)[nH]c2=O)[C@@H](O)C1O. The molecule has 3 aromatic rings. The topological polar surface area (TPSA) is 182 Å². The second-order valence-electron chi connectivity index (χ2n) is 10.5. The zero-order valence-corrected chi connectivity index (χ0v) is 23.8. The maximum Gasteiger partial charge on any atom is 0.331 e. The average Bonchev–Trinajstić information content (AvgIpc) is 3.48. The van der Waals surface area contributed by atoms with Gasteiger partial charge in [-0.25, -0.2) is 9.48 Å². The van der Waals surface area contributed by atoms with Crippen LogP contribution in [-0.4, -0.2) is 69.2 Å². The van der Waals surface area contributed by atoms with Gasteiger partial charge in [0.2, 0.25) is 0 Å². The molecule has 2 aromatic heterocycles. The second-order valence-corrected chi connectivity index (χ2v) is 12.7. The number of nitrogens with zero attached hydrogens (tertiary/aromatic N) is 4. The van der Waals surface area contributed by atoms with Crippen molar-refractivity contribution in [2.75, 3.05) is 0 Å². The first-order valence-corrected chi connectivity index (χ1v) is 14.9. The molecule has 1 aromatic carbocycles. The summed E-state index contributed by atoms with van der Waals surface area (Å²) in [6, 6.07) is 9.53. The van der Waals surface area contributed by atoms with Gasteiger partial charge in [0, 0.05) is 12.6 Å². The Morgan fingerprint density at radius 3 is 2.52 bits per heavy atom. The van der Waals surface area contributed by atoms with Crippen LogP contribution in [0.1, 0.15) is 58.7 Å². The third kappa shape index (κ3) is 6.35. The lowest BCUT2D eigenvalue weighted by molar-refractivity contribution is -0.0681. The molecule has 0 saturated carbocycles. The van der Waals surface area contributed by atoms with Gasteiger partial charge in [-0.2, -0.15) is 0 Å². The Hall–Kier alpha value is -2.93. The Morgan fingerprint density at radius 2 is 1.88 bits per heavy atom. The Morgan fingerprint density at radius 1 is 1.18 bits per heavy atom. The van der Waals surface area contributed by atoms with Gasteiger partial charge in [0.25, 0.3) is 5.56 Å². The van der Waals surface area contributed by atoms with Crippen molar-refractivity contribution in [1.82, 2.24) is 24.5 Å². The summed E-state index contributed by atoms with van der Waals surface area (Å²) >= 11 is 0. The lowest BCUT2D eigenvalue weighted by Crippen LogP contribution is -2.39. The zero-order chi connectivity index (χ0) is 29.2. The molecule has 1 aliphatic heterocycles. The van der Waals surface area contributed by atoms with Crippen molar-refractivity contribution in [2.24, 2.45) is 0 Å². The van der Waals surface area contributed by atoms with E-state index in [0.29, 0.717) is 19.4 Å². The fraction of sp³-hybridized carbons (Fsp3) is 0.538. The molecular formula is C26H36N5O8P. The van der Waals surface area contributed by atoms with Crippen LogP contribution in [0.3, 0.4) is 0 Å². The van der Waals surface area contributed by atoms with Gasteiger partial charge in [-0.3, -0.25) is 18.9 Å². The highest BCUT2D eigenvalue weighted by Crippen LogP contribution is 2.53. The highest BCUT2D eigenvalue weighted by atomic mass is 31.2. The number of aliphatic hydroxyl groups excluding tert-OH is 2. The number of nitrogens with one attached hydrogen (secondary N) is 1. The molecule has 1 aliphatic rings. The van der Waals surface area contributed by atoms with Crippen LogP contribution in [0.15, 0.2) is 52.3 Å². The fourth-order valence-electron chi connectivity index (χ4n) is 4.56. The van der Waals surface area contributed by atoms with Crippen molar-refractivity contribution in [3.05, 3.63) is 69.1 Å². The van der Waals surface area contributed by atoms with Gasteiger partial charge in [-0.05, 0) is 25.3 Å². The molecular weight excluding hydrogens is 541 g/mol. The number of aromatic nitrogens is 5. The number of hydrogen-bond donors (Lipinski definition) is 4. The maximum absolute atomic E-state index is 12.8. The lowest BCUT2D eigenvalue weighted by Gasteiger charge is -2.35. The Labute approximate surface area is 230 Å². The van der Waals surface area contributed by atoms with E-state index >= 15 is 0 Å². The molecule has 1 saturated heterocycles. The van der Waals surface area contributed by atoms with Crippen LogP contribution in [0.25, 0.3) is 11.3 Å². The van der Waals surface area contributed by atoms with Crippen LogP contribution in [0, 0.1) is 0 Å². The summed E-state index contributed by atoms with van der Waals surface area (Å²) in [6.07, 6.45) is -1.85. The zero-order valence-electron chi connectivity index (χ0n) is 22.9. The van der Waals surface area contributed by atoms with E-state index in [4.69, 9.17) is 9.26 Å². The fourth-order valence-corrected chi connectivity index (χ4v) is 6.04. The Kier molecular flexibility index (Phi) is 8.93. The van der Waals surface area contributed by atoms with Gasteiger partial charge in [-0.1, -0.05) is 56.3 Å². The third-order valence-corrected chi connectivity index (χ3v) is 9.64. The van der Waals surface area contributed by atoms with Crippen LogP contribution in [0.2, 0.25) is 0 Å². The predicted octanol–water partition coefficient (Wildman–Crippen LogP) is 2.02. The minimum Gasteiger partial charge on any atom is -0.388 e. The quantitative estimate of drug-likeness (QED) is 0.246. The normalized spacial score (nSPS) is 24.9. The summed E-state index contributed by atoms with van der Waals surface area (Å²) in [6.45, 7) is 7.23. The van der Waals surface area contributed by atoms with Gasteiger partial charge in [0.05, 0.1) is 35.7 Å². The summed E-state index contributed by atoms with van der Waals surface area (Å²) < 4.78 is 26.9. The van der Waals surface area contributed by atoms with E-state index in [2.05, 4.69) is 15.3 Å². The van der Waals surface area contributed by atoms with Crippen molar-refractivity contribution in [3.63, 3.8) is 0 Å². The summed E-state index contributed by atoms with van der Waals surface area (Å²) in [7, 11) is -3.97. The molecule has 0 amide bonds. The van der Waals surface area contributed by atoms with Crippen LogP contribution in [0.5, 0.6) is 0 Å². The summed E-state index contributed by atoms with van der Waals surface area (Å²) in [5.41, 5.74) is -2.11. The summed E-state index contributed by atoms with van der Waals surface area (Å²) in [5.74, 6) is 0. The van der Waals surface area contributed by atoms with Crippen LogP contribution < -0.4 is 11.2 Å². The number of aromatic amines is 1. The second kappa shape index (κ2) is 11.9. The van der Waals surface area contributed by atoms with E-state index in [1.54, 1.807) is 38.6 Å². The van der Waals surface area contributed by atoms with Crippen LogP contribution in [-0.2, 0) is 20.4 Å². The highest BCUT2D eigenvalue weighted by molar-refractivity contribution is 7.53. The molecule has 7 atom stereocenters. The van der Waals surface area contributed by atoms with Crippen LogP contribution in [0.4, 0.5) is 0 Å². The molecule has 40 heavy (non-hydrogen) atoms. The van der Waals surface area contributed by atoms with E-state index < -0.39 is 54.6 Å². The first-order valence-electron chi connectivity index (χ1n) is 13.2. The van der Waals surface area contributed by atoms with Crippen molar-refractivity contribution < 1.29 is 28.9 Å². The number of aliphatic hydroxyl groups is 2. The van der Waals surface area contributed by atoms with E-state index in [0.717, 1.165) is 10.1 Å². The third-order valence-electron chi connectivity index (χ3n) is 7.46. The number of H-pyrrole nitrogens is 1. The number of benzene rings is 1. The molecule has 0 spiro atoms. The van der Waals surface area contributed by atoms with Crippen molar-refractivity contribution in [2.45, 2.75) is 89.3 Å². The van der Waals surface area contributed by atoms with Gasteiger partial charge in [0.1, 0.15) is 17.9 Å². The number of ether oxygens (including phenoxy) is 1. The Balaban J connectivity index is 1.57. The summed E-state index contributed by atoms with van der Waals surface area (Å²) in [4.78, 5) is 38.1. The molecule has 1 fully saturated rings. The molecule has 0 radical (unpaired) electrons. The average molecular weight is 578 g/mol. The van der Waals surface area contributed by atoms with E-state index in [9.17, 15) is 29.3 Å².